The highest BCUT2D eigenvalue weighted by Gasteiger charge is 2.25. The van der Waals surface area contributed by atoms with Crippen LogP contribution >= 0.6 is 15.9 Å². The second-order valence-corrected chi connectivity index (χ2v) is 3.89. The molecule has 1 aliphatic carbocycles. The van der Waals surface area contributed by atoms with E-state index in [0.717, 1.165) is 12.8 Å². The van der Waals surface area contributed by atoms with Gasteiger partial charge in [0, 0.05) is 6.20 Å². The highest BCUT2D eigenvalue weighted by Crippen LogP contribution is 2.31. The number of hydrogen-bond acceptors (Lipinski definition) is 3. The number of pyridine rings is 1. The van der Waals surface area contributed by atoms with Gasteiger partial charge in [-0.25, -0.2) is 9.78 Å². The number of aromatic nitrogens is 1. The number of carboxylic acid groups (broad SMARTS) is 1. The molecule has 14 heavy (non-hydrogen) atoms. The Labute approximate surface area is 89.0 Å². The number of halogens is 1. The molecular formula is C9H8BrNO3. The third-order valence-corrected chi connectivity index (χ3v) is 2.47. The van der Waals surface area contributed by atoms with Crippen LogP contribution in [0.5, 0.6) is 5.75 Å². The Balaban J connectivity index is 2.26. The van der Waals surface area contributed by atoms with E-state index in [4.69, 9.17) is 9.84 Å². The van der Waals surface area contributed by atoms with Gasteiger partial charge in [0.2, 0.25) is 0 Å². The van der Waals surface area contributed by atoms with E-state index in [1.54, 1.807) is 0 Å². The van der Waals surface area contributed by atoms with Crippen LogP contribution in [0.2, 0.25) is 0 Å². The number of ether oxygens (including phenoxy) is 1. The van der Waals surface area contributed by atoms with Crippen molar-refractivity contribution in [2.75, 3.05) is 0 Å². The Morgan fingerprint density at radius 1 is 1.64 bits per heavy atom. The lowest BCUT2D eigenvalue weighted by Crippen LogP contribution is -2.02. The topological polar surface area (TPSA) is 59.4 Å². The monoisotopic (exact) mass is 257 g/mol. The first-order valence-electron chi connectivity index (χ1n) is 4.22. The summed E-state index contributed by atoms with van der Waals surface area (Å²) in [6.45, 7) is 0. The summed E-state index contributed by atoms with van der Waals surface area (Å²) in [5.74, 6) is -0.488. The van der Waals surface area contributed by atoms with E-state index in [-0.39, 0.29) is 11.7 Å². The zero-order valence-corrected chi connectivity index (χ0v) is 8.82. The second-order valence-electron chi connectivity index (χ2n) is 3.14. The molecule has 0 aliphatic heterocycles. The average Bonchev–Trinajstić information content (AvgIpc) is 2.92. The molecule has 0 atom stereocenters. The standard InChI is InChI=1S/C9H8BrNO3/c10-8-7(14-6-1-2-6)3-5(4-11-8)9(12)13/h3-4,6H,1-2H2,(H,12,13). The van der Waals surface area contributed by atoms with Crippen molar-refractivity contribution in [1.29, 1.82) is 0 Å². The molecule has 1 fully saturated rings. The molecule has 0 unspecified atom stereocenters. The summed E-state index contributed by atoms with van der Waals surface area (Å²) in [5.41, 5.74) is 0.142. The lowest BCUT2D eigenvalue weighted by Gasteiger charge is -2.06. The van der Waals surface area contributed by atoms with Gasteiger partial charge in [-0.3, -0.25) is 0 Å². The van der Waals surface area contributed by atoms with E-state index in [9.17, 15) is 4.79 Å². The van der Waals surface area contributed by atoms with E-state index >= 15 is 0 Å². The van der Waals surface area contributed by atoms with Crippen molar-refractivity contribution in [2.24, 2.45) is 0 Å². The van der Waals surface area contributed by atoms with Crippen LogP contribution in [0.15, 0.2) is 16.9 Å². The summed E-state index contributed by atoms with van der Waals surface area (Å²) in [4.78, 5) is 14.5. The molecule has 74 valence electrons. The van der Waals surface area contributed by atoms with E-state index in [1.807, 2.05) is 0 Å². The Hall–Kier alpha value is -1.10. The third kappa shape index (κ3) is 2.04. The van der Waals surface area contributed by atoms with Gasteiger partial charge in [0.05, 0.1) is 11.7 Å². The van der Waals surface area contributed by atoms with Crippen molar-refractivity contribution in [1.82, 2.24) is 4.98 Å². The molecule has 0 spiro atoms. The van der Waals surface area contributed by atoms with Gasteiger partial charge in [0.25, 0.3) is 0 Å². The molecule has 1 N–H and O–H groups in total. The van der Waals surface area contributed by atoms with Gasteiger partial charge < -0.3 is 9.84 Å². The van der Waals surface area contributed by atoms with Gasteiger partial charge in [0.15, 0.2) is 5.75 Å². The first kappa shape index (κ1) is 9.45. The Morgan fingerprint density at radius 3 is 2.93 bits per heavy atom. The molecule has 1 aromatic rings. The summed E-state index contributed by atoms with van der Waals surface area (Å²) in [5, 5.41) is 8.74. The van der Waals surface area contributed by atoms with Crippen molar-refractivity contribution >= 4 is 21.9 Å². The minimum Gasteiger partial charge on any atom is -0.488 e. The molecule has 4 nitrogen and oxygen atoms in total. The molecule has 1 heterocycles. The molecule has 5 heteroatoms. The van der Waals surface area contributed by atoms with Gasteiger partial charge in [-0.1, -0.05) is 0 Å². The summed E-state index contributed by atoms with van der Waals surface area (Å²) in [7, 11) is 0. The second kappa shape index (κ2) is 3.57. The summed E-state index contributed by atoms with van der Waals surface area (Å²) in [6, 6.07) is 1.48. The number of hydrogen-bond donors (Lipinski definition) is 1. The maximum absolute atomic E-state index is 10.7. The molecule has 0 amide bonds. The fourth-order valence-electron chi connectivity index (χ4n) is 0.993. The van der Waals surface area contributed by atoms with Crippen LogP contribution in [0.1, 0.15) is 23.2 Å². The minimum atomic E-state index is -0.995. The zero-order valence-electron chi connectivity index (χ0n) is 7.24. The maximum Gasteiger partial charge on any atom is 0.337 e. The van der Waals surface area contributed by atoms with Gasteiger partial charge in [-0.15, -0.1) is 0 Å². The quantitative estimate of drug-likeness (QED) is 0.843. The summed E-state index contributed by atoms with van der Waals surface area (Å²) >= 11 is 3.21. The molecule has 0 radical (unpaired) electrons. The smallest absolute Gasteiger partial charge is 0.337 e. The van der Waals surface area contributed by atoms with Crippen molar-refractivity contribution in [3.8, 4) is 5.75 Å². The number of carbonyl (C=O) groups is 1. The molecule has 1 saturated carbocycles. The van der Waals surface area contributed by atoms with Crippen LogP contribution in [0.3, 0.4) is 0 Å². The fraction of sp³-hybridized carbons (Fsp3) is 0.333. The SMILES string of the molecule is O=C(O)c1cnc(Br)c(OC2CC2)c1. The molecule has 0 saturated heterocycles. The normalized spacial score (nSPS) is 15.2. The average molecular weight is 258 g/mol. The number of nitrogens with zero attached hydrogens (tertiary/aromatic N) is 1. The predicted octanol–water partition coefficient (Wildman–Crippen LogP) is 2.08. The number of aromatic carboxylic acids is 1. The van der Waals surface area contributed by atoms with E-state index in [2.05, 4.69) is 20.9 Å². The lowest BCUT2D eigenvalue weighted by molar-refractivity contribution is 0.0695. The van der Waals surface area contributed by atoms with Gasteiger partial charge in [-0.2, -0.15) is 0 Å². The number of carboxylic acids is 1. The molecule has 1 aliphatic rings. The Kier molecular flexibility index (Phi) is 2.41. The van der Waals surface area contributed by atoms with Crippen LogP contribution in [0, 0.1) is 0 Å². The van der Waals surface area contributed by atoms with Crippen LogP contribution in [0.25, 0.3) is 0 Å². The van der Waals surface area contributed by atoms with Crippen molar-refractivity contribution in [2.45, 2.75) is 18.9 Å². The van der Waals surface area contributed by atoms with Crippen LogP contribution in [-0.4, -0.2) is 22.2 Å². The lowest BCUT2D eigenvalue weighted by atomic mass is 10.3. The van der Waals surface area contributed by atoms with Gasteiger partial charge >= 0.3 is 5.97 Å². The van der Waals surface area contributed by atoms with Gasteiger partial charge in [0.1, 0.15) is 4.60 Å². The molecule has 2 rings (SSSR count). The highest BCUT2D eigenvalue weighted by molar-refractivity contribution is 9.10. The third-order valence-electron chi connectivity index (χ3n) is 1.87. The van der Waals surface area contributed by atoms with E-state index in [1.165, 1.54) is 12.3 Å². The fourth-order valence-corrected chi connectivity index (χ4v) is 1.30. The van der Waals surface area contributed by atoms with Gasteiger partial charge in [-0.05, 0) is 34.8 Å². The first-order valence-corrected chi connectivity index (χ1v) is 5.01. The van der Waals surface area contributed by atoms with Crippen LogP contribution in [0.4, 0.5) is 0 Å². The molecular weight excluding hydrogens is 250 g/mol. The summed E-state index contributed by atoms with van der Waals surface area (Å²) in [6.07, 6.45) is 3.59. The zero-order chi connectivity index (χ0) is 10.1. The van der Waals surface area contributed by atoms with Crippen molar-refractivity contribution in [3.05, 3.63) is 22.4 Å². The first-order chi connectivity index (χ1) is 6.66. The Bertz CT molecular complexity index is 376. The maximum atomic E-state index is 10.7. The van der Waals surface area contributed by atoms with E-state index in [0.29, 0.717) is 10.4 Å². The largest absolute Gasteiger partial charge is 0.488 e. The van der Waals surface area contributed by atoms with Crippen LogP contribution < -0.4 is 4.74 Å². The molecule has 0 bridgehead atoms. The molecule has 1 aromatic heterocycles. The predicted molar refractivity (Wildman–Crippen MR) is 52.5 cm³/mol. The number of rotatable bonds is 3. The van der Waals surface area contributed by atoms with E-state index < -0.39 is 5.97 Å². The summed E-state index contributed by atoms with van der Waals surface area (Å²) < 4.78 is 6.02. The Morgan fingerprint density at radius 2 is 2.36 bits per heavy atom. The highest BCUT2D eigenvalue weighted by atomic mass is 79.9. The minimum absolute atomic E-state index is 0.142. The van der Waals surface area contributed by atoms with Crippen LogP contribution in [-0.2, 0) is 0 Å². The molecule has 0 aromatic carbocycles. The van der Waals surface area contributed by atoms with Crippen molar-refractivity contribution in [3.63, 3.8) is 0 Å². The van der Waals surface area contributed by atoms with Crippen molar-refractivity contribution < 1.29 is 14.6 Å².